The molecule has 0 unspecified atom stereocenters. The van der Waals surface area contributed by atoms with Gasteiger partial charge in [0.2, 0.25) is 0 Å². The van der Waals surface area contributed by atoms with Gasteiger partial charge in [-0.3, -0.25) is 0 Å². The first-order valence-electron chi connectivity index (χ1n) is 6.91. The van der Waals surface area contributed by atoms with Gasteiger partial charge in [-0.2, -0.15) is 5.26 Å². The summed E-state index contributed by atoms with van der Waals surface area (Å²) >= 11 is 0. The van der Waals surface area contributed by atoms with Gasteiger partial charge < -0.3 is 4.74 Å². The SMILES string of the molecule is N#CC[C@H](COCc1ccccc1)Cc1ccccc1. The molecule has 0 fully saturated rings. The van der Waals surface area contributed by atoms with Gasteiger partial charge in [-0.1, -0.05) is 60.7 Å². The molecule has 20 heavy (non-hydrogen) atoms. The molecule has 0 radical (unpaired) electrons. The molecule has 0 aliphatic rings. The monoisotopic (exact) mass is 265 g/mol. The van der Waals surface area contributed by atoms with Crippen LogP contribution in [0.2, 0.25) is 0 Å². The summed E-state index contributed by atoms with van der Waals surface area (Å²) in [5, 5.41) is 8.93. The molecular weight excluding hydrogens is 246 g/mol. The van der Waals surface area contributed by atoms with E-state index in [1.807, 2.05) is 36.4 Å². The van der Waals surface area contributed by atoms with Crippen LogP contribution in [-0.4, -0.2) is 6.61 Å². The molecule has 2 rings (SSSR count). The predicted octanol–water partition coefficient (Wildman–Crippen LogP) is 3.98. The standard InChI is InChI=1S/C18H19NO/c19-12-11-18(13-16-7-3-1-4-8-16)15-20-14-17-9-5-2-6-10-17/h1-10,18H,11,13-15H2/t18-/m0/s1. The van der Waals surface area contributed by atoms with Crippen molar-refractivity contribution in [1.29, 1.82) is 5.26 Å². The molecule has 0 spiro atoms. The van der Waals surface area contributed by atoms with Gasteiger partial charge in [-0.25, -0.2) is 0 Å². The maximum Gasteiger partial charge on any atom is 0.0717 e. The van der Waals surface area contributed by atoms with Crippen LogP contribution in [0.1, 0.15) is 17.5 Å². The van der Waals surface area contributed by atoms with E-state index in [-0.39, 0.29) is 5.92 Å². The molecule has 0 amide bonds. The number of rotatable bonds is 7. The summed E-state index contributed by atoms with van der Waals surface area (Å²) in [4.78, 5) is 0. The van der Waals surface area contributed by atoms with E-state index in [0.717, 1.165) is 6.42 Å². The average molecular weight is 265 g/mol. The highest BCUT2D eigenvalue weighted by molar-refractivity contribution is 5.16. The van der Waals surface area contributed by atoms with Gasteiger partial charge in [0, 0.05) is 6.42 Å². The quantitative estimate of drug-likeness (QED) is 0.758. The van der Waals surface area contributed by atoms with Crippen molar-refractivity contribution in [3.05, 3.63) is 71.8 Å². The summed E-state index contributed by atoms with van der Waals surface area (Å²) in [6.07, 6.45) is 1.42. The van der Waals surface area contributed by atoms with E-state index in [1.54, 1.807) is 0 Å². The molecule has 0 bridgehead atoms. The normalized spacial score (nSPS) is 11.8. The van der Waals surface area contributed by atoms with Gasteiger partial charge in [0.15, 0.2) is 0 Å². The Balaban J connectivity index is 1.82. The van der Waals surface area contributed by atoms with E-state index < -0.39 is 0 Å². The van der Waals surface area contributed by atoms with E-state index in [9.17, 15) is 0 Å². The Morgan fingerprint density at radius 2 is 1.50 bits per heavy atom. The maximum absolute atomic E-state index is 8.93. The van der Waals surface area contributed by atoms with Crippen molar-refractivity contribution in [2.24, 2.45) is 5.92 Å². The Morgan fingerprint density at radius 3 is 2.10 bits per heavy atom. The van der Waals surface area contributed by atoms with Gasteiger partial charge >= 0.3 is 0 Å². The van der Waals surface area contributed by atoms with Crippen LogP contribution in [0.25, 0.3) is 0 Å². The Morgan fingerprint density at radius 1 is 0.900 bits per heavy atom. The molecule has 2 nitrogen and oxygen atoms in total. The summed E-state index contributed by atoms with van der Waals surface area (Å²) in [5.41, 5.74) is 2.43. The molecule has 2 aromatic carbocycles. The second kappa shape index (κ2) is 8.14. The molecular formula is C18H19NO. The molecule has 0 aliphatic carbocycles. The van der Waals surface area contributed by atoms with Crippen LogP contribution in [0.5, 0.6) is 0 Å². The molecule has 2 aromatic rings. The van der Waals surface area contributed by atoms with Crippen molar-refractivity contribution < 1.29 is 4.74 Å². The average Bonchev–Trinajstić information content (AvgIpc) is 2.49. The summed E-state index contributed by atoms with van der Waals surface area (Å²) < 4.78 is 5.76. The van der Waals surface area contributed by atoms with Crippen molar-refractivity contribution in [2.75, 3.05) is 6.61 Å². The zero-order valence-electron chi connectivity index (χ0n) is 11.5. The first-order valence-corrected chi connectivity index (χ1v) is 6.91. The number of hydrogen-bond donors (Lipinski definition) is 0. The fourth-order valence-corrected chi connectivity index (χ4v) is 2.18. The Hall–Kier alpha value is -2.11. The van der Waals surface area contributed by atoms with Gasteiger partial charge in [-0.05, 0) is 23.5 Å². The van der Waals surface area contributed by atoms with E-state index in [0.29, 0.717) is 19.6 Å². The zero-order valence-corrected chi connectivity index (χ0v) is 11.5. The second-order valence-corrected chi connectivity index (χ2v) is 4.92. The first kappa shape index (κ1) is 14.3. The van der Waals surface area contributed by atoms with Gasteiger partial charge in [-0.15, -0.1) is 0 Å². The Kier molecular flexibility index (Phi) is 5.82. The van der Waals surface area contributed by atoms with E-state index in [2.05, 4.69) is 30.3 Å². The van der Waals surface area contributed by atoms with Crippen LogP contribution in [0.15, 0.2) is 60.7 Å². The van der Waals surface area contributed by atoms with Crippen molar-refractivity contribution in [3.8, 4) is 6.07 Å². The van der Waals surface area contributed by atoms with Crippen LogP contribution in [0, 0.1) is 17.2 Å². The number of hydrogen-bond acceptors (Lipinski definition) is 2. The highest BCUT2D eigenvalue weighted by Crippen LogP contribution is 2.13. The van der Waals surface area contributed by atoms with Crippen molar-refractivity contribution in [1.82, 2.24) is 0 Å². The highest BCUT2D eigenvalue weighted by Gasteiger charge is 2.10. The number of nitrogens with zero attached hydrogens (tertiary/aromatic N) is 1. The molecule has 102 valence electrons. The van der Waals surface area contributed by atoms with Crippen LogP contribution >= 0.6 is 0 Å². The van der Waals surface area contributed by atoms with Gasteiger partial charge in [0.1, 0.15) is 0 Å². The third-order valence-corrected chi connectivity index (χ3v) is 3.21. The summed E-state index contributed by atoms with van der Waals surface area (Å²) in [6.45, 7) is 1.23. The Bertz CT molecular complexity index is 530. The van der Waals surface area contributed by atoms with Gasteiger partial charge in [0.25, 0.3) is 0 Å². The zero-order chi connectivity index (χ0) is 14.0. The largest absolute Gasteiger partial charge is 0.376 e. The molecule has 0 aromatic heterocycles. The lowest BCUT2D eigenvalue weighted by atomic mass is 9.97. The minimum absolute atomic E-state index is 0.256. The summed E-state index contributed by atoms with van der Waals surface area (Å²) in [7, 11) is 0. The van der Waals surface area contributed by atoms with E-state index in [4.69, 9.17) is 10.00 Å². The first-order chi connectivity index (χ1) is 9.88. The van der Waals surface area contributed by atoms with Crippen molar-refractivity contribution >= 4 is 0 Å². The number of ether oxygens (including phenoxy) is 1. The fraction of sp³-hybridized carbons (Fsp3) is 0.278. The smallest absolute Gasteiger partial charge is 0.0717 e. The molecule has 1 atom stereocenters. The van der Waals surface area contributed by atoms with Gasteiger partial charge in [0.05, 0.1) is 19.3 Å². The van der Waals surface area contributed by atoms with Crippen molar-refractivity contribution in [2.45, 2.75) is 19.4 Å². The van der Waals surface area contributed by atoms with Crippen LogP contribution in [0.3, 0.4) is 0 Å². The minimum atomic E-state index is 0.256. The fourth-order valence-electron chi connectivity index (χ4n) is 2.18. The van der Waals surface area contributed by atoms with Crippen molar-refractivity contribution in [3.63, 3.8) is 0 Å². The highest BCUT2D eigenvalue weighted by atomic mass is 16.5. The molecule has 0 heterocycles. The molecule has 0 N–H and O–H groups in total. The molecule has 0 aliphatic heterocycles. The lowest BCUT2D eigenvalue weighted by Crippen LogP contribution is -2.12. The number of benzene rings is 2. The topological polar surface area (TPSA) is 33.0 Å². The lowest BCUT2D eigenvalue weighted by molar-refractivity contribution is 0.0881. The van der Waals surface area contributed by atoms with E-state index in [1.165, 1.54) is 11.1 Å². The predicted molar refractivity (Wildman–Crippen MR) is 80.0 cm³/mol. The van der Waals surface area contributed by atoms with Crippen LogP contribution in [0.4, 0.5) is 0 Å². The van der Waals surface area contributed by atoms with Crippen LogP contribution in [-0.2, 0) is 17.8 Å². The summed E-state index contributed by atoms with van der Waals surface area (Å²) in [6, 6.07) is 22.6. The summed E-state index contributed by atoms with van der Waals surface area (Å²) in [5.74, 6) is 0.256. The van der Waals surface area contributed by atoms with Crippen LogP contribution < -0.4 is 0 Å². The van der Waals surface area contributed by atoms with E-state index >= 15 is 0 Å². The lowest BCUT2D eigenvalue weighted by Gasteiger charge is -2.14. The third kappa shape index (κ3) is 4.87. The minimum Gasteiger partial charge on any atom is -0.376 e. The molecule has 2 heteroatoms. The molecule has 0 saturated heterocycles. The molecule has 0 saturated carbocycles. The maximum atomic E-state index is 8.93. The third-order valence-electron chi connectivity index (χ3n) is 3.21. The second-order valence-electron chi connectivity index (χ2n) is 4.92. The number of nitriles is 1. The Labute approximate surface area is 120 Å².